The van der Waals surface area contributed by atoms with Crippen molar-refractivity contribution >= 4 is 16.9 Å². The van der Waals surface area contributed by atoms with Gasteiger partial charge in [0.15, 0.2) is 0 Å². The third-order valence-corrected chi connectivity index (χ3v) is 2.78. The molecule has 1 aromatic carbocycles. The average Bonchev–Trinajstić information content (AvgIpc) is 2.35. The van der Waals surface area contributed by atoms with Gasteiger partial charge in [-0.2, -0.15) is 0 Å². The summed E-state index contributed by atoms with van der Waals surface area (Å²) in [5.74, 6) is 1.14. The largest absolute Gasteiger partial charge is 0.494 e. The minimum atomic E-state index is 0.420. The van der Waals surface area contributed by atoms with E-state index in [0.29, 0.717) is 5.82 Å². The van der Waals surface area contributed by atoms with Crippen LogP contribution in [0.25, 0.3) is 11.0 Å². The maximum atomic E-state index is 5.67. The summed E-state index contributed by atoms with van der Waals surface area (Å²) in [6.45, 7) is 2.18. The highest BCUT2D eigenvalue weighted by Gasteiger charge is 2.09. The van der Waals surface area contributed by atoms with Crippen molar-refractivity contribution in [3.63, 3.8) is 0 Å². The Balaban J connectivity index is 2.56. The first kappa shape index (κ1) is 11.6. The second kappa shape index (κ2) is 4.99. The minimum absolute atomic E-state index is 0.420. The Bertz CT molecular complexity index is 525. The first-order chi connectivity index (χ1) is 8.26. The van der Waals surface area contributed by atoms with Gasteiger partial charge in [0.05, 0.1) is 18.8 Å². The molecule has 0 bridgehead atoms. The van der Waals surface area contributed by atoms with Gasteiger partial charge in [-0.15, -0.1) is 0 Å². The second-order valence-electron chi connectivity index (χ2n) is 4.02. The van der Waals surface area contributed by atoms with Crippen molar-refractivity contribution in [3.05, 3.63) is 23.9 Å². The van der Waals surface area contributed by atoms with Crippen LogP contribution in [0.5, 0.6) is 5.75 Å². The van der Waals surface area contributed by atoms with E-state index < -0.39 is 0 Å². The molecule has 90 valence electrons. The fraction of sp³-hybridized carbons (Fsp3) is 0.385. The van der Waals surface area contributed by atoms with Gasteiger partial charge >= 0.3 is 0 Å². The van der Waals surface area contributed by atoms with Crippen LogP contribution >= 0.6 is 0 Å². The number of aromatic nitrogens is 2. The number of hydrogen-bond acceptors (Lipinski definition) is 4. The number of anilines is 1. The summed E-state index contributed by atoms with van der Waals surface area (Å²) in [4.78, 5) is 8.68. The Morgan fingerprint density at radius 3 is 2.82 bits per heavy atom. The van der Waals surface area contributed by atoms with Gasteiger partial charge in [-0.25, -0.2) is 4.98 Å². The lowest BCUT2D eigenvalue weighted by molar-refractivity contribution is 0.418. The van der Waals surface area contributed by atoms with Gasteiger partial charge in [0, 0.05) is 0 Å². The molecule has 0 fully saturated rings. The molecule has 0 aliphatic heterocycles. The van der Waals surface area contributed by atoms with E-state index in [1.54, 1.807) is 13.3 Å². The molecule has 4 nitrogen and oxygen atoms in total. The van der Waals surface area contributed by atoms with E-state index in [9.17, 15) is 0 Å². The van der Waals surface area contributed by atoms with Crippen molar-refractivity contribution in [2.24, 2.45) is 0 Å². The highest BCUT2D eigenvalue weighted by atomic mass is 16.5. The van der Waals surface area contributed by atoms with Crippen LogP contribution in [0.4, 0.5) is 5.82 Å². The van der Waals surface area contributed by atoms with Crippen molar-refractivity contribution < 1.29 is 4.74 Å². The monoisotopic (exact) mass is 231 g/mol. The van der Waals surface area contributed by atoms with E-state index in [1.807, 2.05) is 6.07 Å². The first-order valence-corrected chi connectivity index (χ1v) is 5.84. The van der Waals surface area contributed by atoms with Gasteiger partial charge in [0.1, 0.15) is 17.1 Å². The third-order valence-electron chi connectivity index (χ3n) is 2.78. The van der Waals surface area contributed by atoms with Gasteiger partial charge < -0.3 is 10.5 Å². The van der Waals surface area contributed by atoms with Crippen LogP contribution in [0, 0.1) is 0 Å². The molecular formula is C13H17N3O. The number of rotatable bonds is 4. The van der Waals surface area contributed by atoms with Crippen LogP contribution in [0.2, 0.25) is 0 Å². The molecule has 0 aliphatic rings. The van der Waals surface area contributed by atoms with Crippen molar-refractivity contribution in [1.82, 2.24) is 9.97 Å². The van der Waals surface area contributed by atoms with E-state index in [1.165, 1.54) is 5.56 Å². The highest BCUT2D eigenvalue weighted by molar-refractivity contribution is 5.84. The molecule has 2 N–H and O–H groups in total. The molecule has 0 spiro atoms. The van der Waals surface area contributed by atoms with Crippen molar-refractivity contribution in [2.75, 3.05) is 12.8 Å². The minimum Gasteiger partial charge on any atom is -0.494 e. The SMILES string of the molecule is CCCCc1ccc(OC)c2nc(N)cnc12. The molecule has 2 rings (SSSR count). The summed E-state index contributed by atoms with van der Waals surface area (Å²) >= 11 is 0. The topological polar surface area (TPSA) is 61.0 Å². The number of methoxy groups -OCH3 is 1. The van der Waals surface area contributed by atoms with Gasteiger partial charge in [0.25, 0.3) is 0 Å². The van der Waals surface area contributed by atoms with E-state index in [2.05, 4.69) is 23.0 Å². The lowest BCUT2D eigenvalue weighted by Crippen LogP contribution is -1.98. The average molecular weight is 231 g/mol. The molecule has 0 radical (unpaired) electrons. The summed E-state index contributed by atoms with van der Waals surface area (Å²) in [5, 5.41) is 0. The summed E-state index contributed by atoms with van der Waals surface area (Å²) in [7, 11) is 1.63. The molecule has 2 aromatic rings. The number of nitrogens with zero attached hydrogens (tertiary/aromatic N) is 2. The molecule has 0 amide bonds. The van der Waals surface area contributed by atoms with E-state index in [4.69, 9.17) is 10.5 Å². The van der Waals surface area contributed by atoms with E-state index >= 15 is 0 Å². The molecule has 1 aromatic heterocycles. The lowest BCUT2D eigenvalue weighted by Gasteiger charge is -2.09. The zero-order valence-corrected chi connectivity index (χ0v) is 10.2. The quantitative estimate of drug-likeness (QED) is 0.878. The number of unbranched alkanes of at least 4 members (excludes halogenated alkanes) is 1. The maximum Gasteiger partial charge on any atom is 0.146 e. The third kappa shape index (κ3) is 2.30. The van der Waals surface area contributed by atoms with Crippen LogP contribution < -0.4 is 10.5 Å². The molecule has 0 unspecified atom stereocenters. The molecule has 4 heteroatoms. The second-order valence-corrected chi connectivity index (χ2v) is 4.02. The van der Waals surface area contributed by atoms with E-state index in [0.717, 1.165) is 36.0 Å². The Morgan fingerprint density at radius 2 is 2.12 bits per heavy atom. The van der Waals surface area contributed by atoms with Crippen LogP contribution in [0.15, 0.2) is 18.3 Å². The predicted octanol–water partition coefficient (Wildman–Crippen LogP) is 2.56. The number of benzene rings is 1. The molecule has 0 aliphatic carbocycles. The predicted molar refractivity (Wildman–Crippen MR) is 69.1 cm³/mol. The molecular weight excluding hydrogens is 214 g/mol. The van der Waals surface area contributed by atoms with Crippen molar-refractivity contribution in [1.29, 1.82) is 0 Å². The summed E-state index contributed by atoms with van der Waals surface area (Å²) in [6, 6.07) is 3.99. The van der Waals surface area contributed by atoms with Crippen molar-refractivity contribution in [2.45, 2.75) is 26.2 Å². The fourth-order valence-electron chi connectivity index (χ4n) is 1.88. The van der Waals surface area contributed by atoms with Crippen LogP contribution in [-0.2, 0) is 6.42 Å². The van der Waals surface area contributed by atoms with Gasteiger partial charge in [-0.3, -0.25) is 4.98 Å². The number of fused-ring (bicyclic) bond motifs is 1. The number of hydrogen-bond donors (Lipinski definition) is 1. The maximum absolute atomic E-state index is 5.67. The highest BCUT2D eigenvalue weighted by Crippen LogP contribution is 2.26. The Kier molecular flexibility index (Phi) is 3.42. The number of nitrogen functional groups attached to an aromatic ring is 1. The van der Waals surface area contributed by atoms with Gasteiger partial charge in [-0.1, -0.05) is 19.4 Å². The zero-order valence-electron chi connectivity index (χ0n) is 10.2. The first-order valence-electron chi connectivity index (χ1n) is 5.84. The van der Waals surface area contributed by atoms with E-state index in [-0.39, 0.29) is 0 Å². The summed E-state index contributed by atoms with van der Waals surface area (Å²) in [5.41, 5.74) is 8.52. The Hall–Kier alpha value is -1.84. The summed E-state index contributed by atoms with van der Waals surface area (Å²) < 4.78 is 5.28. The number of aryl methyl sites for hydroxylation is 1. The zero-order chi connectivity index (χ0) is 12.3. The Labute approximate surface area is 101 Å². The van der Waals surface area contributed by atoms with Gasteiger partial charge in [0.2, 0.25) is 0 Å². The lowest BCUT2D eigenvalue weighted by atomic mass is 10.1. The van der Waals surface area contributed by atoms with Crippen LogP contribution in [0.3, 0.4) is 0 Å². The van der Waals surface area contributed by atoms with Gasteiger partial charge in [-0.05, 0) is 24.5 Å². The normalized spacial score (nSPS) is 10.7. The molecule has 0 saturated heterocycles. The number of ether oxygens (including phenoxy) is 1. The van der Waals surface area contributed by atoms with Crippen molar-refractivity contribution in [3.8, 4) is 5.75 Å². The molecule has 0 atom stereocenters. The smallest absolute Gasteiger partial charge is 0.146 e. The molecule has 0 saturated carbocycles. The summed E-state index contributed by atoms with van der Waals surface area (Å²) in [6.07, 6.45) is 4.91. The molecule has 1 heterocycles. The Morgan fingerprint density at radius 1 is 1.29 bits per heavy atom. The van der Waals surface area contributed by atoms with Crippen LogP contribution in [0.1, 0.15) is 25.3 Å². The standard InChI is InChI=1S/C13H17N3O/c1-3-4-5-9-6-7-10(17-2)13-12(9)15-8-11(14)16-13/h6-8H,3-5H2,1-2H3,(H2,14,16). The molecule has 17 heavy (non-hydrogen) atoms. The number of nitrogens with two attached hydrogens (primary N) is 1. The fourth-order valence-corrected chi connectivity index (χ4v) is 1.88. The van der Waals surface area contributed by atoms with Crippen LogP contribution in [-0.4, -0.2) is 17.1 Å².